The summed E-state index contributed by atoms with van der Waals surface area (Å²) < 4.78 is 0. The van der Waals surface area contributed by atoms with Gasteiger partial charge in [0, 0.05) is 6.42 Å². The number of hydrogen-bond acceptors (Lipinski definition) is 3. The van der Waals surface area contributed by atoms with Crippen LogP contribution in [0.3, 0.4) is 0 Å². The maximum atomic E-state index is 9.29. The average Bonchev–Trinajstić information content (AvgIpc) is 2.12. The summed E-state index contributed by atoms with van der Waals surface area (Å²) in [5.41, 5.74) is 1.17. The number of rotatable bonds is 3. The van der Waals surface area contributed by atoms with E-state index >= 15 is 0 Å². The van der Waals surface area contributed by atoms with Crippen LogP contribution in [0, 0.1) is 0 Å². The van der Waals surface area contributed by atoms with Crippen molar-refractivity contribution in [3.8, 4) is 0 Å². The first-order valence-electron chi connectivity index (χ1n) is 3.93. The van der Waals surface area contributed by atoms with Crippen molar-refractivity contribution in [2.45, 2.75) is 13.3 Å². The second-order valence-corrected chi connectivity index (χ2v) is 2.66. The molecule has 0 fully saturated rings. The van der Waals surface area contributed by atoms with E-state index in [1.807, 2.05) is 6.92 Å². The van der Waals surface area contributed by atoms with Gasteiger partial charge in [0.25, 0.3) is 0 Å². The van der Waals surface area contributed by atoms with E-state index in [4.69, 9.17) is 10.2 Å². The number of aliphatic hydroxyl groups excluding tert-OH is 3. The maximum absolute atomic E-state index is 9.29. The van der Waals surface area contributed by atoms with E-state index in [0.29, 0.717) is 17.4 Å². The molecule has 0 aliphatic rings. The lowest BCUT2D eigenvalue weighted by molar-refractivity contribution is 0.252. The van der Waals surface area contributed by atoms with E-state index < -0.39 is 0 Å². The zero-order chi connectivity index (χ0) is 9.72. The molecular formula is C7H14B2O3. The fraction of sp³-hybridized carbons (Fsp3) is 0.429. The Morgan fingerprint density at radius 1 is 1.08 bits per heavy atom. The van der Waals surface area contributed by atoms with Gasteiger partial charge in [0.2, 0.25) is 0 Å². The fourth-order valence-electron chi connectivity index (χ4n) is 0.817. The lowest BCUT2D eigenvalue weighted by Crippen LogP contribution is -2.02. The molecule has 0 atom stereocenters. The Kier molecular flexibility index (Phi) is 4.59. The van der Waals surface area contributed by atoms with Crippen LogP contribution in [0.15, 0.2) is 22.5 Å². The zero-order valence-electron chi connectivity index (χ0n) is 7.76. The van der Waals surface area contributed by atoms with Crippen molar-refractivity contribution < 1.29 is 15.3 Å². The molecule has 0 saturated carbocycles. The molecule has 0 aromatic rings. The third-order valence-corrected chi connectivity index (χ3v) is 1.91. The molecular weight excluding hydrogens is 154 g/mol. The van der Waals surface area contributed by atoms with E-state index in [9.17, 15) is 5.11 Å². The van der Waals surface area contributed by atoms with Gasteiger partial charge in [-0.05, 0) is 0 Å². The quantitative estimate of drug-likeness (QED) is 0.293. The minimum atomic E-state index is -0.389. The SMILES string of the molecule is BC(=C(\O)CC)/C(B)=C(/O)CO. The summed E-state index contributed by atoms with van der Waals surface area (Å²) in [7, 11) is 3.37. The van der Waals surface area contributed by atoms with E-state index in [1.54, 1.807) is 15.7 Å². The van der Waals surface area contributed by atoms with Crippen LogP contribution >= 0.6 is 0 Å². The topological polar surface area (TPSA) is 60.7 Å². The monoisotopic (exact) mass is 168 g/mol. The Morgan fingerprint density at radius 2 is 1.50 bits per heavy atom. The highest BCUT2D eigenvalue weighted by Gasteiger charge is 2.04. The van der Waals surface area contributed by atoms with Gasteiger partial charge in [-0.2, -0.15) is 0 Å². The molecule has 3 nitrogen and oxygen atoms in total. The van der Waals surface area contributed by atoms with Crippen LogP contribution in [0.5, 0.6) is 0 Å². The Morgan fingerprint density at radius 3 is 1.83 bits per heavy atom. The summed E-state index contributed by atoms with van der Waals surface area (Å²) in [4.78, 5) is 0. The molecule has 0 radical (unpaired) electrons. The standard InChI is InChI=1S/C7H14B2O3/c1-2-4(11)6(8)7(9)5(12)3-10/h10-12H,2-3,8-9H2,1H3/b6-4-,7-5-. The van der Waals surface area contributed by atoms with Crippen LogP contribution in [-0.2, 0) is 0 Å². The number of allylic oxidation sites excluding steroid dienone is 3. The first-order valence-corrected chi connectivity index (χ1v) is 3.93. The Labute approximate surface area is 74.2 Å². The smallest absolute Gasteiger partial charge is 0.143 e. The number of hydrogen-bond donors (Lipinski definition) is 3. The summed E-state index contributed by atoms with van der Waals surface area (Å²) in [5.74, 6) is 0.153. The molecule has 0 amide bonds. The van der Waals surface area contributed by atoms with Gasteiger partial charge < -0.3 is 15.3 Å². The van der Waals surface area contributed by atoms with Crippen LogP contribution in [0.25, 0.3) is 0 Å². The largest absolute Gasteiger partial charge is 0.513 e. The van der Waals surface area contributed by atoms with Gasteiger partial charge in [-0.15, -0.1) is 0 Å². The van der Waals surface area contributed by atoms with Crippen molar-refractivity contribution in [3.05, 3.63) is 22.5 Å². The second kappa shape index (κ2) is 4.93. The van der Waals surface area contributed by atoms with Crippen LogP contribution < -0.4 is 0 Å². The molecule has 0 aliphatic carbocycles. The van der Waals surface area contributed by atoms with Crippen LogP contribution in [0.1, 0.15) is 13.3 Å². The Balaban J connectivity index is 4.82. The summed E-state index contributed by atoms with van der Waals surface area (Å²) in [6.45, 7) is 1.43. The molecule has 0 bridgehead atoms. The molecule has 0 rings (SSSR count). The maximum Gasteiger partial charge on any atom is 0.143 e. The minimum absolute atomic E-state index is 0.0903. The Bertz CT molecular complexity index is 197. The Hall–Kier alpha value is -0.830. The van der Waals surface area contributed by atoms with Crippen molar-refractivity contribution in [1.29, 1.82) is 0 Å². The molecule has 0 unspecified atom stereocenters. The van der Waals surface area contributed by atoms with Crippen molar-refractivity contribution in [3.63, 3.8) is 0 Å². The summed E-state index contributed by atoms with van der Waals surface area (Å²) >= 11 is 0. The summed E-state index contributed by atoms with van der Waals surface area (Å²) in [5, 5.41) is 27.0. The highest BCUT2D eigenvalue weighted by molar-refractivity contribution is 6.37. The highest BCUT2D eigenvalue weighted by atomic mass is 16.3. The molecule has 0 spiro atoms. The first-order chi connectivity index (χ1) is 5.54. The van der Waals surface area contributed by atoms with E-state index in [0.717, 1.165) is 0 Å². The molecule has 0 aromatic carbocycles. The van der Waals surface area contributed by atoms with Gasteiger partial charge in [0.05, 0.1) is 12.4 Å². The van der Waals surface area contributed by atoms with Gasteiger partial charge in [-0.25, -0.2) is 0 Å². The third kappa shape index (κ3) is 2.66. The summed E-state index contributed by atoms with van der Waals surface area (Å²) in [6.07, 6.45) is 0.530. The van der Waals surface area contributed by atoms with Crippen LogP contribution in [0.2, 0.25) is 0 Å². The molecule has 3 N–H and O–H groups in total. The average molecular weight is 168 g/mol. The highest BCUT2D eigenvalue weighted by Crippen LogP contribution is 2.11. The second-order valence-electron chi connectivity index (χ2n) is 2.66. The molecule has 5 heteroatoms. The normalized spacial score (nSPS) is 15.2. The van der Waals surface area contributed by atoms with E-state index in [1.165, 1.54) is 0 Å². The molecule has 0 heterocycles. The van der Waals surface area contributed by atoms with E-state index in [-0.39, 0.29) is 18.1 Å². The summed E-state index contributed by atoms with van der Waals surface area (Å²) in [6, 6.07) is 0. The van der Waals surface area contributed by atoms with Gasteiger partial charge in [0.15, 0.2) is 0 Å². The van der Waals surface area contributed by atoms with Crippen molar-refractivity contribution >= 4 is 15.7 Å². The van der Waals surface area contributed by atoms with Crippen LogP contribution in [-0.4, -0.2) is 37.6 Å². The molecule has 0 aromatic heterocycles. The third-order valence-electron chi connectivity index (χ3n) is 1.91. The zero-order valence-corrected chi connectivity index (χ0v) is 7.76. The van der Waals surface area contributed by atoms with Gasteiger partial charge in [-0.1, -0.05) is 17.9 Å². The minimum Gasteiger partial charge on any atom is -0.513 e. The predicted molar refractivity (Wildman–Crippen MR) is 53.8 cm³/mol. The van der Waals surface area contributed by atoms with Gasteiger partial charge in [0.1, 0.15) is 21.5 Å². The van der Waals surface area contributed by atoms with Gasteiger partial charge >= 0.3 is 0 Å². The predicted octanol–water partition coefficient (Wildman–Crippen LogP) is -0.806. The molecule has 66 valence electrons. The molecule has 0 saturated heterocycles. The lowest BCUT2D eigenvalue weighted by Gasteiger charge is -2.07. The van der Waals surface area contributed by atoms with Crippen molar-refractivity contribution in [2.75, 3.05) is 6.61 Å². The van der Waals surface area contributed by atoms with Crippen molar-refractivity contribution in [2.24, 2.45) is 0 Å². The lowest BCUT2D eigenvalue weighted by atomic mass is 9.75. The fourth-order valence-corrected chi connectivity index (χ4v) is 0.817. The van der Waals surface area contributed by atoms with Crippen molar-refractivity contribution in [1.82, 2.24) is 0 Å². The first kappa shape index (κ1) is 11.2. The molecule has 12 heavy (non-hydrogen) atoms. The number of aliphatic hydroxyl groups is 3. The van der Waals surface area contributed by atoms with Crippen LogP contribution in [0.4, 0.5) is 0 Å². The van der Waals surface area contributed by atoms with E-state index in [2.05, 4.69) is 0 Å². The van der Waals surface area contributed by atoms with Gasteiger partial charge in [-0.3, -0.25) is 0 Å². The molecule has 0 aliphatic heterocycles.